The number of methoxy groups -OCH3 is 1. The van der Waals surface area contributed by atoms with Crippen molar-refractivity contribution in [3.8, 4) is 5.69 Å². The maximum atomic E-state index is 13.4. The van der Waals surface area contributed by atoms with E-state index in [1.807, 2.05) is 30.6 Å². The molecule has 0 fully saturated rings. The molecule has 0 saturated carbocycles. The molecule has 0 unspecified atom stereocenters. The van der Waals surface area contributed by atoms with Crippen LogP contribution in [-0.4, -0.2) is 26.1 Å². The molecule has 6 nitrogen and oxygen atoms in total. The van der Waals surface area contributed by atoms with Crippen LogP contribution >= 0.6 is 0 Å². The van der Waals surface area contributed by atoms with Gasteiger partial charge in [0.05, 0.1) is 23.4 Å². The minimum Gasteiger partial charge on any atom is -0.464 e. The Labute approximate surface area is 157 Å². The summed E-state index contributed by atoms with van der Waals surface area (Å²) >= 11 is 0. The van der Waals surface area contributed by atoms with Gasteiger partial charge >= 0.3 is 5.97 Å². The Morgan fingerprint density at radius 3 is 2.22 bits per heavy atom. The summed E-state index contributed by atoms with van der Waals surface area (Å²) in [6.45, 7) is 0. The van der Waals surface area contributed by atoms with Crippen LogP contribution in [0.3, 0.4) is 0 Å². The molecule has 27 heavy (non-hydrogen) atoms. The number of hydrogen-bond acceptors (Lipinski definition) is 4. The summed E-state index contributed by atoms with van der Waals surface area (Å²) in [5.41, 5.74) is 1.38. The van der Waals surface area contributed by atoms with Gasteiger partial charge < -0.3 is 9.30 Å². The number of ether oxygens (including phenoxy) is 1. The van der Waals surface area contributed by atoms with E-state index in [4.69, 9.17) is 4.74 Å². The zero-order valence-electron chi connectivity index (χ0n) is 14.4. The molecular weight excluding hydrogens is 364 g/mol. The van der Waals surface area contributed by atoms with E-state index in [2.05, 4.69) is 0 Å². The Kier molecular flexibility index (Phi) is 4.08. The van der Waals surface area contributed by atoms with Crippen LogP contribution in [0.25, 0.3) is 11.8 Å². The molecule has 1 aliphatic heterocycles. The molecule has 0 amide bonds. The largest absolute Gasteiger partial charge is 0.464 e. The van der Waals surface area contributed by atoms with Gasteiger partial charge in [-0.3, -0.25) is 0 Å². The van der Waals surface area contributed by atoms with Gasteiger partial charge in [-0.25, -0.2) is 17.5 Å². The highest BCUT2D eigenvalue weighted by Gasteiger charge is 2.38. The summed E-state index contributed by atoms with van der Waals surface area (Å²) in [7, 11) is -2.77. The summed E-state index contributed by atoms with van der Waals surface area (Å²) in [5, 5.41) is 0. The highest BCUT2D eigenvalue weighted by molar-refractivity contribution is 7.93. The number of anilines is 1. The van der Waals surface area contributed by atoms with E-state index in [1.165, 1.54) is 19.3 Å². The summed E-state index contributed by atoms with van der Waals surface area (Å²) in [6.07, 6.45) is 5.16. The predicted molar refractivity (Wildman–Crippen MR) is 102 cm³/mol. The van der Waals surface area contributed by atoms with E-state index in [1.54, 1.807) is 41.0 Å². The third-order valence-corrected chi connectivity index (χ3v) is 6.13. The van der Waals surface area contributed by atoms with Gasteiger partial charge in [0.2, 0.25) is 0 Å². The van der Waals surface area contributed by atoms with E-state index in [0.29, 0.717) is 16.9 Å². The molecule has 3 aromatic rings. The van der Waals surface area contributed by atoms with Crippen LogP contribution in [0.4, 0.5) is 5.69 Å². The average molecular weight is 380 g/mol. The molecule has 0 saturated heterocycles. The second-order valence-corrected chi connectivity index (χ2v) is 7.66. The number of para-hydroxylation sites is 2. The van der Waals surface area contributed by atoms with Crippen LogP contribution in [0.5, 0.6) is 0 Å². The quantitative estimate of drug-likeness (QED) is 0.655. The lowest BCUT2D eigenvalue weighted by Crippen LogP contribution is -2.37. The molecule has 0 bridgehead atoms. The fourth-order valence-corrected chi connectivity index (χ4v) is 4.80. The summed E-state index contributed by atoms with van der Waals surface area (Å²) in [6, 6.07) is 17.2. The van der Waals surface area contributed by atoms with E-state index in [9.17, 15) is 13.2 Å². The zero-order valence-corrected chi connectivity index (χ0v) is 15.3. The Balaban J connectivity index is 2.01. The Morgan fingerprint density at radius 2 is 1.52 bits per heavy atom. The number of carbonyl (C=O) groups is 1. The molecule has 0 radical (unpaired) electrons. The third-order valence-electron chi connectivity index (χ3n) is 4.33. The number of rotatable bonds is 3. The van der Waals surface area contributed by atoms with Gasteiger partial charge in [0, 0.05) is 12.4 Å². The summed E-state index contributed by atoms with van der Waals surface area (Å²) in [5.74, 6) is -0.726. The molecular formula is C20H16N2O4S. The van der Waals surface area contributed by atoms with Crippen LogP contribution in [0.1, 0.15) is 5.56 Å². The first-order valence-electron chi connectivity index (χ1n) is 8.21. The van der Waals surface area contributed by atoms with E-state index in [0.717, 1.165) is 4.31 Å². The topological polar surface area (TPSA) is 68.6 Å². The second kappa shape index (κ2) is 6.44. The lowest BCUT2D eigenvalue weighted by Gasteiger charge is -2.31. The number of esters is 1. The van der Waals surface area contributed by atoms with Gasteiger partial charge in [0.1, 0.15) is 5.70 Å². The second-order valence-electron chi connectivity index (χ2n) is 5.91. The van der Waals surface area contributed by atoms with Crippen LogP contribution in [0.15, 0.2) is 83.6 Å². The Bertz CT molecular complexity index is 1150. The fourth-order valence-electron chi connectivity index (χ4n) is 3.12. The van der Waals surface area contributed by atoms with Crippen molar-refractivity contribution in [1.82, 2.24) is 4.57 Å². The van der Waals surface area contributed by atoms with Crippen LogP contribution < -0.4 is 4.31 Å². The number of hydrogen-bond donors (Lipinski definition) is 0. The normalized spacial score (nSPS) is 15.0. The van der Waals surface area contributed by atoms with Crippen LogP contribution in [-0.2, 0) is 19.6 Å². The van der Waals surface area contributed by atoms with Gasteiger partial charge in [0.15, 0.2) is 0 Å². The van der Waals surface area contributed by atoms with Gasteiger partial charge in [0.25, 0.3) is 10.0 Å². The third kappa shape index (κ3) is 2.72. The van der Waals surface area contributed by atoms with E-state index >= 15 is 0 Å². The minimum atomic E-state index is -4.00. The Hall–Kier alpha value is -3.32. The minimum absolute atomic E-state index is 0.0594. The number of aromatic nitrogens is 1. The number of benzene rings is 2. The fraction of sp³-hybridized carbons (Fsp3) is 0.0500. The van der Waals surface area contributed by atoms with Crippen LogP contribution in [0, 0.1) is 0 Å². The molecule has 1 aliphatic rings. The van der Waals surface area contributed by atoms with E-state index in [-0.39, 0.29) is 10.6 Å². The molecule has 4 rings (SSSR count). The molecule has 0 N–H and O–H groups in total. The molecule has 2 heterocycles. The first kappa shape index (κ1) is 17.1. The molecule has 0 aliphatic carbocycles. The number of carbonyl (C=O) groups excluding carboxylic acids is 1. The maximum absolute atomic E-state index is 13.4. The molecule has 2 aromatic carbocycles. The standard InChI is InChI=1S/C20H16N2O4S/c1-26-20(23)18-14-15-8-2-5-11-19(15)27(24,25)22(18)17-10-4-3-9-16(17)21-12-6-7-13-21/h2-14H,1H3. The first-order valence-corrected chi connectivity index (χ1v) is 9.65. The molecule has 7 heteroatoms. The smallest absolute Gasteiger partial charge is 0.355 e. The van der Waals surface area contributed by atoms with Crippen molar-refractivity contribution in [3.63, 3.8) is 0 Å². The summed E-state index contributed by atoms with van der Waals surface area (Å²) in [4.78, 5) is 12.6. The highest BCUT2D eigenvalue weighted by atomic mass is 32.2. The van der Waals surface area contributed by atoms with Crippen molar-refractivity contribution in [1.29, 1.82) is 0 Å². The van der Waals surface area contributed by atoms with Crippen molar-refractivity contribution in [2.45, 2.75) is 4.90 Å². The predicted octanol–water partition coefficient (Wildman–Crippen LogP) is 3.20. The number of fused-ring (bicyclic) bond motifs is 1. The maximum Gasteiger partial charge on any atom is 0.355 e. The van der Waals surface area contributed by atoms with Crippen molar-refractivity contribution in [3.05, 3.63) is 84.3 Å². The van der Waals surface area contributed by atoms with Crippen LogP contribution in [0.2, 0.25) is 0 Å². The molecule has 1 aromatic heterocycles. The lowest BCUT2D eigenvalue weighted by atomic mass is 10.1. The van der Waals surface area contributed by atoms with E-state index < -0.39 is 16.0 Å². The van der Waals surface area contributed by atoms with Crippen molar-refractivity contribution < 1.29 is 17.9 Å². The molecule has 136 valence electrons. The number of sulfonamides is 1. The SMILES string of the molecule is COC(=O)C1=Cc2ccccc2S(=O)(=O)N1c1ccccc1-n1cccc1. The van der Waals surface area contributed by atoms with Crippen molar-refractivity contribution in [2.75, 3.05) is 11.4 Å². The Morgan fingerprint density at radius 1 is 0.889 bits per heavy atom. The van der Waals surface area contributed by atoms with Gasteiger partial charge in [-0.05, 0) is 42.0 Å². The van der Waals surface area contributed by atoms with Crippen molar-refractivity contribution in [2.24, 2.45) is 0 Å². The number of nitrogens with zero attached hydrogens (tertiary/aromatic N) is 2. The summed E-state index contributed by atoms with van der Waals surface area (Å²) < 4.78 is 34.6. The van der Waals surface area contributed by atoms with Gasteiger partial charge in [-0.15, -0.1) is 0 Å². The van der Waals surface area contributed by atoms with Gasteiger partial charge in [-0.2, -0.15) is 0 Å². The van der Waals surface area contributed by atoms with Gasteiger partial charge in [-0.1, -0.05) is 30.3 Å². The monoisotopic (exact) mass is 380 g/mol. The average Bonchev–Trinajstić information content (AvgIpc) is 3.21. The lowest BCUT2D eigenvalue weighted by molar-refractivity contribution is -0.136. The first-order chi connectivity index (χ1) is 13.0. The zero-order chi connectivity index (χ0) is 19.0. The highest BCUT2D eigenvalue weighted by Crippen LogP contribution is 2.38. The van der Waals surface area contributed by atoms with Crippen molar-refractivity contribution >= 4 is 27.8 Å². The molecule has 0 atom stereocenters. The molecule has 0 spiro atoms.